The zero-order valence-electron chi connectivity index (χ0n) is 10.3. The van der Waals surface area contributed by atoms with Crippen molar-refractivity contribution in [3.63, 3.8) is 0 Å². The van der Waals surface area contributed by atoms with E-state index >= 15 is 0 Å². The molecule has 1 heterocycles. The summed E-state index contributed by atoms with van der Waals surface area (Å²) >= 11 is 1.57. The number of carboxylic acid groups (broad SMARTS) is 1. The van der Waals surface area contributed by atoms with Gasteiger partial charge in [-0.15, -0.1) is 11.3 Å². The Bertz CT molecular complexity index is 595. The van der Waals surface area contributed by atoms with Crippen LogP contribution in [0.5, 0.6) is 0 Å². The van der Waals surface area contributed by atoms with Crippen LogP contribution in [0.25, 0.3) is 0 Å². The molecule has 0 amide bonds. The molecule has 0 unspecified atom stereocenters. The van der Waals surface area contributed by atoms with Crippen molar-refractivity contribution in [1.29, 1.82) is 0 Å². The Morgan fingerprint density at radius 2 is 2.16 bits per heavy atom. The summed E-state index contributed by atoms with van der Waals surface area (Å²) in [6, 6.07) is 9.80. The van der Waals surface area contributed by atoms with Gasteiger partial charge in [-0.1, -0.05) is 18.2 Å². The summed E-state index contributed by atoms with van der Waals surface area (Å²) in [5.74, 6) is -1.20. The van der Waals surface area contributed by atoms with E-state index < -0.39 is 11.9 Å². The normalized spacial score (nSPS) is 17.8. The molecule has 19 heavy (non-hydrogen) atoms. The minimum absolute atomic E-state index is 0.439. The molecular formula is C14H14N2O2S. The van der Waals surface area contributed by atoms with Gasteiger partial charge in [0.15, 0.2) is 5.13 Å². The standard InChI is InChI=1S/C14H14N2O2S/c17-13(18)10-7-4-8-11-12(10)16-14(19-11)15-9-5-2-1-3-6-9/h1-3,5-6,10H,4,7-8H2,(H,15,16)(H,17,18)/t10-/m1/s1. The van der Waals surface area contributed by atoms with Gasteiger partial charge in [-0.25, -0.2) is 4.98 Å². The number of carboxylic acids is 1. The monoisotopic (exact) mass is 274 g/mol. The Labute approximate surface area is 115 Å². The molecule has 4 nitrogen and oxygen atoms in total. The first-order valence-corrected chi connectivity index (χ1v) is 7.10. The highest BCUT2D eigenvalue weighted by molar-refractivity contribution is 7.15. The van der Waals surface area contributed by atoms with E-state index in [2.05, 4.69) is 10.3 Å². The van der Waals surface area contributed by atoms with Crippen molar-refractivity contribution in [2.45, 2.75) is 25.2 Å². The molecule has 98 valence electrons. The molecule has 0 fully saturated rings. The lowest BCUT2D eigenvalue weighted by molar-refractivity contribution is -0.139. The van der Waals surface area contributed by atoms with Crippen LogP contribution in [-0.2, 0) is 11.2 Å². The number of aryl methyl sites for hydroxylation is 1. The Morgan fingerprint density at radius 1 is 1.37 bits per heavy atom. The number of benzene rings is 1. The van der Waals surface area contributed by atoms with Crippen LogP contribution in [0, 0.1) is 0 Å². The Morgan fingerprint density at radius 3 is 2.89 bits per heavy atom. The fraction of sp³-hybridized carbons (Fsp3) is 0.286. The number of anilines is 2. The first-order chi connectivity index (χ1) is 9.24. The molecule has 2 N–H and O–H groups in total. The summed E-state index contributed by atoms with van der Waals surface area (Å²) in [5, 5.41) is 13.2. The lowest BCUT2D eigenvalue weighted by Crippen LogP contribution is -2.17. The molecule has 0 bridgehead atoms. The summed E-state index contributed by atoms with van der Waals surface area (Å²) in [5.41, 5.74) is 1.72. The predicted octanol–water partition coefficient (Wildman–Crippen LogP) is 3.39. The number of fused-ring (bicyclic) bond motifs is 1. The molecule has 3 rings (SSSR count). The van der Waals surface area contributed by atoms with Crippen LogP contribution in [0.4, 0.5) is 10.8 Å². The molecular weight excluding hydrogens is 260 g/mol. The molecule has 1 atom stereocenters. The molecule has 0 saturated heterocycles. The minimum atomic E-state index is -0.766. The molecule has 2 aromatic rings. The summed E-state index contributed by atoms with van der Waals surface area (Å²) in [6.07, 6.45) is 2.56. The fourth-order valence-corrected chi connectivity index (χ4v) is 3.44. The number of hydrogen-bond acceptors (Lipinski definition) is 4. The summed E-state index contributed by atoms with van der Waals surface area (Å²) in [6.45, 7) is 0. The molecule has 1 aliphatic carbocycles. The second-order valence-electron chi connectivity index (χ2n) is 4.60. The van der Waals surface area contributed by atoms with E-state index in [0.717, 1.165) is 34.2 Å². The number of aliphatic carboxylic acids is 1. The molecule has 1 aromatic carbocycles. The molecule has 1 aromatic heterocycles. The average molecular weight is 274 g/mol. The van der Waals surface area contributed by atoms with Crippen molar-refractivity contribution in [1.82, 2.24) is 4.98 Å². The average Bonchev–Trinajstić information content (AvgIpc) is 2.81. The summed E-state index contributed by atoms with van der Waals surface area (Å²) in [4.78, 5) is 16.8. The van der Waals surface area contributed by atoms with Crippen molar-refractivity contribution in [3.8, 4) is 0 Å². The lowest BCUT2D eigenvalue weighted by Gasteiger charge is -2.16. The third-order valence-electron chi connectivity index (χ3n) is 3.28. The molecule has 1 aliphatic rings. The van der Waals surface area contributed by atoms with Crippen molar-refractivity contribution >= 4 is 28.1 Å². The maximum absolute atomic E-state index is 11.2. The third kappa shape index (κ3) is 2.46. The third-order valence-corrected chi connectivity index (χ3v) is 4.32. The molecule has 0 radical (unpaired) electrons. The van der Waals surface area contributed by atoms with Gasteiger partial charge in [0.2, 0.25) is 0 Å². The van der Waals surface area contributed by atoms with Crippen molar-refractivity contribution in [2.24, 2.45) is 0 Å². The zero-order chi connectivity index (χ0) is 13.2. The Hall–Kier alpha value is -1.88. The van der Waals surface area contributed by atoms with Crippen molar-refractivity contribution in [2.75, 3.05) is 5.32 Å². The number of rotatable bonds is 3. The molecule has 5 heteroatoms. The Kier molecular flexibility index (Phi) is 3.21. The smallest absolute Gasteiger partial charge is 0.312 e. The second kappa shape index (κ2) is 5.01. The fourth-order valence-electron chi connectivity index (χ4n) is 2.36. The van der Waals surface area contributed by atoms with Gasteiger partial charge in [-0.2, -0.15) is 0 Å². The van der Waals surface area contributed by atoms with Gasteiger partial charge in [0, 0.05) is 10.6 Å². The van der Waals surface area contributed by atoms with Crippen LogP contribution in [0.3, 0.4) is 0 Å². The van der Waals surface area contributed by atoms with Gasteiger partial charge in [-0.3, -0.25) is 4.79 Å². The maximum Gasteiger partial charge on any atom is 0.312 e. The van der Waals surface area contributed by atoms with Crippen LogP contribution < -0.4 is 5.32 Å². The minimum Gasteiger partial charge on any atom is -0.481 e. The first-order valence-electron chi connectivity index (χ1n) is 6.28. The number of para-hydroxylation sites is 1. The van der Waals surface area contributed by atoms with Gasteiger partial charge in [-0.05, 0) is 31.4 Å². The van der Waals surface area contributed by atoms with E-state index in [1.54, 1.807) is 11.3 Å². The van der Waals surface area contributed by atoms with Crippen molar-refractivity contribution in [3.05, 3.63) is 40.9 Å². The molecule has 0 aliphatic heterocycles. The summed E-state index contributed by atoms with van der Waals surface area (Å²) < 4.78 is 0. The van der Waals surface area contributed by atoms with Crippen LogP contribution in [0.15, 0.2) is 30.3 Å². The van der Waals surface area contributed by atoms with Crippen LogP contribution >= 0.6 is 11.3 Å². The van der Waals surface area contributed by atoms with E-state index in [4.69, 9.17) is 0 Å². The van der Waals surface area contributed by atoms with Gasteiger partial charge in [0.05, 0.1) is 5.69 Å². The molecule has 0 spiro atoms. The van der Waals surface area contributed by atoms with Crippen LogP contribution in [-0.4, -0.2) is 16.1 Å². The number of thiazole rings is 1. The highest BCUT2D eigenvalue weighted by atomic mass is 32.1. The maximum atomic E-state index is 11.2. The second-order valence-corrected chi connectivity index (χ2v) is 5.69. The largest absolute Gasteiger partial charge is 0.481 e. The van der Waals surface area contributed by atoms with Crippen molar-refractivity contribution < 1.29 is 9.90 Å². The lowest BCUT2D eigenvalue weighted by atomic mass is 9.91. The van der Waals surface area contributed by atoms with E-state index in [0.29, 0.717) is 6.42 Å². The van der Waals surface area contributed by atoms with Gasteiger partial charge >= 0.3 is 5.97 Å². The number of aromatic nitrogens is 1. The first kappa shape index (κ1) is 12.2. The highest BCUT2D eigenvalue weighted by Crippen LogP contribution is 2.37. The van der Waals surface area contributed by atoms with E-state index in [1.807, 2.05) is 30.3 Å². The highest BCUT2D eigenvalue weighted by Gasteiger charge is 2.29. The van der Waals surface area contributed by atoms with Crippen LogP contribution in [0.1, 0.15) is 29.3 Å². The topological polar surface area (TPSA) is 62.2 Å². The number of nitrogens with zero attached hydrogens (tertiary/aromatic N) is 1. The number of carbonyl (C=O) groups is 1. The molecule has 0 saturated carbocycles. The van der Waals surface area contributed by atoms with Gasteiger partial charge < -0.3 is 10.4 Å². The predicted molar refractivity (Wildman–Crippen MR) is 75.2 cm³/mol. The van der Waals surface area contributed by atoms with E-state index in [1.165, 1.54) is 0 Å². The zero-order valence-corrected chi connectivity index (χ0v) is 11.1. The quantitative estimate of drug-likeness (QED) is 0.900. The van der Waals surface area contributed by atoms with E-state index in [9.17, 15) is 9.90 Å². The van der Waals surface area contributed by atoms with Crippen LogP contribution in [0.2, 0.25) is 0 Å². The SMILES string of the molecule is O=C(O)[C@@H]1CCCc2sc(Nc3ccccc3)nc21. The van der Waals surface area contributed by atoms with Gasteiger partial charge in [0.1, 0.15) is 5.92 Å². The van der Waals surface area contributed by atoms with E-state index in [-0.39, 0.29) is 0 Å². The number of hydrogen-bond donors (Lipinski definition) is 2. The summed E-state index contributed by atoms with van der Waals surface area (Å²) in [7, 11) is 0. The Balaban J connectivity index is 1.87. The van der Waals surface area contributed by atoms with Gasteiger partial charge in [0.25, 0.3) is 0 Å². The number of nitrogens with one attached hydrogen (secondary N) is 1.